The maximum absolute atomic E-state index is 12.8. The van der Waals surface area contributed by atoms with E-state index < -0.39 is 0 Å². The maximum Gasteiger partial charge on any atom is 0.321 e. The van der Waals surface area contributed by atoms with Crippen LogP contribution in [-0.4, -0.2) is 46.8 Å². The van der Waals surface area contributed by atoms with Crippen LogP contribution in [0.15, 0.2) is 72.8 Å². The molecule has 4 aromatic rings. The van der Waals surface area contributed by atoms with Gasteiger partial charge in [0.05, 0.1) is 11.6 Å². The number of amides is 2. The fourth-order valence-electron chi connectivity index (χ4n) is 4.41. The summed E-state index contributed by atoms with van der Waals surface area (Å²) in [4.78, 5) is 16.8. The average molecular weight is 519 g/mol. The van der Waals surface area contributed by atoms with E-state index in [4.69, 9.17) is 16.9 Å². The molecule has 1 saturated heterocycles. The lowest BCUT2D eigenvalue weighted by Gasteiger charge is -2.40. The molecule has 1 N–H and O–H groups in total. The second-order valence-electron chi connectivity index (χ2n) is 8.53. The van der Waals surface area contributed by atoms with E-state index in [9.17, 15) is 4.79 Å². The maximum atomic E-state index is 12.8. The molecular weight excluding hydrogens is 495 g/mol. The van der Waals surface area contributed by atoms with E-state index in [1.807, 2.05) is 35.2 Å². The lowest BCUT2D eigenvalue weighted by atomic mass is 10.0. The van der Waals surface area contributed by atoms with Crippen LogP contribution in [0, 0.1) is 11.3 Å². The molecule has 0 bridgehead atoms. The molecule has 2 amide bonds. The van der Waals surface area contributed by atoms with Crippen LogP contribution in [0.2, 0.25) is 5.02 Å². The van der Waals surface area contributed by atoms with Gasteiger partial charge in [-0.25, -0.2) is 4.79 Å². The van der Waals surface area contributed by atoms with Gasteiger partial charge in [-0.1, -0.05) is 48.0 Å². The highest BCUT2D eigenvalue weighted by Crippen LogP contribution is 2.33. The van der Waals surface area contributed by atoms with E-state index in [1.54, 1.807) is 36.4 Å². The number of nitrogens with one attached hydrogen (secondary N) is 1. The highest BCUT2D eigenvalue weighted by atomic mass is 35.5. The Morgan fingerprint density at radius 3 is 2.36 bits per heavy atom. The number of hydrogen-bond acceptors (Lipinski definition) is 5. The molecule has 0 radical (unpaired) electrons. The molecule has 0 aliphatic carbocycles. The molecule has 9 heteroatoms. The predicted octanol–water partition coefficient (Wildman–Crippen LogP) is 5.99. The van der Waals surface area contributed by atoms with E-state index in [-0.39, 0.29) is 24.5 Å². The number of carbonyl (C=O) groups is 1. The predicted molar refractivity (Wildman–Crippen MR) is 146 cm³/mol. The van der Waals surface area contributed by atoms with Crippen molar-refractivity contribution in [3.8, 4) is 17.3 Å². The molecule has 1 fully saturated rings. The number of aromatic nitrogens is 2. The summed E-state index contributed by atoms with van der Waals surface area (Å²) in [6, 6.07) is 24.6. The van der Waals surface area contributed by atoms with Gasteiger partial charge in [0.2, 0.25) is 0 Å². The van der Waals surface area contributed by atoms with Crippen molar-refractivity contribution >= 4 is 52.3 Å². The highest BCUT2D eigenvalue weighted by molar-refractivity contribution is 6.30. The first kappa shape index (κ1) is 25.2. The zero-order valence-electron chi connectivity index (χ0n) is 19.6. The molecule has 1 aliphatic heterocycles. The molecular formula is C27H24Cl2N6O. The summed E-state index contributed by atoms with van der Waals surface area (Å²) in [6.07, 6.45) is 0. The molecule has 182 valence electrons. The number of fused-ring (bicyclic) bond motifs is 1. The Hall–Kier alpha value is -3.86. The van der Waals surface area contributed by atoms with Crippen LogP contribution in [0.1, 0.15) is 12.5 Å². The topological polar surface area (TPSA) is 85.2 Å². The first-order valence-electron chi connectivity index (χ1n) is 11.4. The second-order valence-corrected chi connectivity index (χ2v) is 8.97. The van der Waals surface area contributed by atoms with E-state index in [1.165, 1.54) is 0 Å². The van der Waals surface area contributed by atoms with Crippen LogP contribution in [0.3, 0.4) is 0 Å². The van der Waals surface area contributed by atoms with Crippen LogP contribution in [0.4, 0.5) is 16.3 Å². The van der Waals surface area contributed by atoms with Gasteiger partial charge in [0, 0.05) is 52.7 Å². The molecule has 7 nitrogen and oxygen atoms in total. The molecule has 1 atom stereocenters. The van der Waals surface area contributed by atoms with Gasteiger partial charge >= 0.3 is 6.03 Å². The minimum Gasteiger partial charge on any atom is -0.348 e. The average Bonchev–Trinajstić information content (AvgIpc) is 2.89. The zero-order valence-corrected chi connectivity index (χ0v) is 21.1. The van der Waals surface area contributed by atoms with Crippen molar-refractivity contribution in [2.75, 3.05) is 29.9 Å². The van der Waals surface area contributed by atoms with Crippen LogP contribution in [-0.2, 0) is 0 Å². The first-order chi connectivity index (χ1) is 17.0. The van der Waals surface area contributed by atoms with Crippen molar-refractivity contribution in [1.29, 1.82) is 5.26 Å². The molecule has 36 heavy (non-hydrogen) atoms. The smallest absolute Gasteiger partial charge is 0.321 e. The van der Waals surface area contributed by atoms with Gasteiger partial charge in [-0.2, -0.15) is 5.26 Å². The Balaban J connectivity index is 0.00000304. The van der Waals surface area contributed by atoms with Crippen LogP contribution >= 0.6 is 24.0 Å². The van der Waals surface area contributed by atoms with Gasteiger partial charge in [-0.15, -0.1) is 22.6 Å². The molecule has 1 aromatic heterocycles. The number of nitrogens with zero attached hydrogens (tertiary/aromatic N) is 5. The lowest BCUT2D eigenvalue weighted by molar-refractivity contribution is 0.200. The number of hydrogen-bond donors (Lipinski definition) is 1. The fourth-order valence-corrected chi connectivity index (χ4v) is 4.54. The molecule has 5 rings (SSSR count). The number of rotatable bonds is 3. The number of nitriles is 1. The molecule has 3 aromatic carbocycles. The Morgan fingerprint density at radius 2 is 1.69 bits per heavy atom. The number of benzene rings is 3. The molecule has 2 heterocycles. The van der Waals surface area contributed by atoms with E-state index in [0.29, 0.717) is 35.9 Å². The molecule has 0 saturated carbocycles. The van der Waals surface area contributed by atoms with Crippen molar-refractivity contribution in [2.24, 2.45) is 0 Å². The lowest BCUT2D eigenvalue weighted by Crippen LogP contribution is -2.55. The second kappa shape index (κ2) is 10.8. The van der Waals surface area contributed by atoms with Gasteiger partial charge in [0.25, 0.3) is 0 Å². The molecule has 1 aliphatic rings. The summed E-state index contributed by atoms with van der Waals surface area (Å²) in [6.45, 7) is 3.86. The molecule has 0 unspecified atom stereocenters. The number of halogens is 2. The van der Waals surface area contributed by atoms with Crippen LogP contribution in [0.25, 0.3) is 22.0 Å². The van der Waals surface area contributed by atoms with Crippen LogP contribution < -0.4 is 10.2 Å². The third-order valence-corrected chi connectivity index (χ3v) is 6.49. The number of carbonyl (C=O) groups excluding carboxylic acids is 1. The molecule has 0 spiro atoms. The Kier molecular flexibility index (Phi) is 7.58. The number of anilines is 2. The van der Waals surface area contributed by atoms with E-state index >= 15 is 0 Å². The minimum absolute atomic E-state index is 0. The van der Waals surface area contributed by atoms with E-state index in [0.717, 1.165) is 27.8 Å². The van der Waals surface area contributed by atoms with Gasteiger partial charge < -0.3 is 15.1 Å². The first-order valence-corrected chi connectivity index (χ1v) is 11.8. The highest BCUT2D eigenvalue weighted by Gasteiger charge is 2.29. The summed E-state index contributed by atoms with van der Waals surface area (Å²) in [5, 5.41) is 23.9. The van der Waals surface area contributed by atoms with Gasteiger partial charge in [-0.05, 0) is 43.3 Å². The van der Waals surface area contributed by atoms with Gasteiger partial charge in [0.15, 0.2) is 5.82 Å². The SMILES string of the molecule is C[C@H]1CN(C(=O)Nc2ccc(Cl)cc2)CCN1c1nnc(-c2ccc(C#N)cc2)c2ccccc12.Cl. The Bertz CT molecular complexity index is 1420. The van der Waals surface area contributed by atoms with Gasteiger partial charge in [0.1, 0.15) is 5.69 Å². The largest absolute Gasteiger partial charge is 0.348 e. The Morgan fingerprint density at radius 1 is 1.00 bits per heavy atom. The standard InChI is InChI=1S/C27H23ClN6O.ClH/c1-18-17-33(27(35)30-22-12-10-21(28)11-13-22)14-15-34(18)26-24-5-3-2-4-23(24)25(31-32-26)20-8-6-19(16-29)7-9-20;/h2-13,18H,14-15,17H2,1H3,(H,30,35);1H/t18-;/m0./s1. The van der Waals surface area contributed by atoms with Crippen molar-refractivity contribution in [3.63, 3.8) is 0 Å². The van der Waals surface area contributed by atoms with E-state index in [2.05, 4.69) is 39.5 Å². The summed E-state index contributed by atoms with van der Waals surface area (Å²) in [5.74, 6) is 0.809. The Labute approximate surface area is 220 Å². The monoisotopic (exact) mass is 518 g/mol. The third kappa shape index (κ3) is 5.06. The summed E-state index contributed by atoms with van der Waals surface area (Å²) in [5.41, 5.74) is 3.01. The van der Waals surface area contributed by atoms with Crippen LogP contribution in [0.5, 0.6) is 0 Å². The normalized spacial score (nSPS) is 15.2. The summed E-state index contributed by atoms with van der Waals surface area (Å²) >= 11 is 5.94. The third-order valence-electron chi connectivity index (χ3n) is 6.24. The van der Waals surface area contributed by atoms with Crippen molar-refractivity contribution in [2.45, 2.75) is 13.0 Å². The van der Waals surface area contributed by atoms with Crippen molar-refractivity contribution in [1.82, 2.24) is 15.1 Å². The van der Waals surface area contributed by atoms with Crippen molar-refractivity contribution < 1.29 is 4.79 Å². The number of urea groups is 1. The summed E-state index contributed by atoms with van der Waals surface area (Å²) in [7, 11) is 0. The van der Waals surface area contributed by atoms with Gasteiger partial charge in [-0.3, -0.25) is 0 Å². The summed E-state index contributed by atoms with van der Waals surface area (Å²) < 4.78 is 0. The fraction of sp³-hybridized carbons (Fsp3) is 0.185. The zero-order chi connectivity index (χ0) is 24.4. The van der Waals surface area contributed by atoms with Crippen molar-refractivity contribution in [3.05, 3.63) is 83.4 Å². The quantitative estimate of drug-likeness (QED) is 0.360. The minimum atomic E-state index is -0.133. The number of piperazine rings is 1.